The number of hydrogen-bond donors (Lipinski definition) is 2. The van der Waals surface area contributed by atoms with Crippen molar-refractivity contribution < 1.29 is 4.79 Å². The van der Waals surface area contributed by atoms with Crippen molar-refractivity contribution in [3.63, 3.8) is 0 Å². The molecule has 0 aliphatic heterocycles. The maximum absolute atomic E-state index is 11.6. The quantitative estimate of drug-likeness (QED) is 0.846. The molecule has 0 fully saturated rings. The van der Waals surface area contributed by atoms with E-state index in [0.717, 1.165) is 24.0 Å². The van der Waals surface area contributed by atoms with E-state index < -0.39 is 0 Å². The van der Waals surface area contributed by atoms with Gasteiger partial charge in [0.2, 0.25) is 5.91 Å². The Hall–Kier alpha value is -0.390. The fourth-order valence-corrected chi connectivity index (χ4v) is 2.91. The zero-order valence-electron chi connectivity index (χ0n) is 10.5. The Balaban J connectivity index is 2.37. The van der Waals surface area contributed by atoms with Crippen LogP contribution in [0.1, 0.15) is 30.0 Å². The molecule has 0 saturated heterocycles. The number of amides is 1. The molecule has 3 nitrogen and oxygen atoms in total. The lowest BCUT2D eigenvalue weighted by Crippen LogP contribution is -2.41. The summed E-state index contributed by atoms with van der Waals surface area (Å²) in [5.74, 6) is 0.0687. The van der Waals surface area contributed by atoms with Gasteiger partial charge in [-0.1, -0.05) is 6.92 Å². The molecule has 1 aromatic rings. The highest BCUT2D eigenvalue weighted by Crippen LogP contribution is 2.26. The Morgan fingerprint density at radius 3 is 2.82 bits per heavy atom. The number of aryl methyl sites for hydroxylation is 1. The Morgan fingerprint density at radius 2 is 2.29 bits per heavy atom. The zero-order chi connectivity index (χ0) is 12.8. The number of rotatable bonds is 6. The summed E-state index contributed by atoms with van der Waals surface area (Å²) in [4.78, 5) is 14.1. The van der Waals surface area contributed by atoms with E-state index in [-0.39, 0.29) is 11.9 Å². The van der Waals surface area contributed by atoms with Crippen molar-refractivity contribution >= 4 is 33.2 Å². The molecule has 0 aromatic carbocycles. The summed E-state index contributed by atoms with van der Waals surface area (Å²) in [6.07, 6.45) is 0.968. The van der Waals surface area contributed by atoms with Crippen LogP contribution in [0.25, 0.3) is 0 Å². The second-order valence-corrected chi connectivity index (χ2v) is 6.21. The number of nitrogens with one attached hydrogen (secondary N) is 2. The van der Waals surface area contributed by atoms with Crippen LogP contribution in [-0.4, -0.2) is 18.5 Å². The van der Waals surface area contributed by atoms with Crippen LogP contribution in [0.3, 0.4) is 0 Å². The molecule has 17 heavy (non-hydrogen) atoms. The van der Waals surface area contributed by atoms with E-state index in [9.17, 15) is 4.79 Å². The minimum absolute atomic E-state index is 0.0687. The number of carbonyl (C=O) groups excluding carboxylic acids is 1. The first-order valence-electron chi connectivity index (χ1n) is 5.80. The molecule has 1 aromatic heterocycles. The van der Waals surface area contributed by atoms with Crippen molar-refractivity contribution in [3.8, 4) is 0 Å². The molecule has 1 rings (SSSR count). The van der Waals surface area contributed by atoms with Gasteiger partial charge in [-0.05, 0) is 42.3 Å². The molecular weight excluding hydrogens is 300 g/mol. The highest BCUT2D eigenvalue weighted by atomic mass is 79.9. The van der Waals surface area contributed by atoms with Crippen LogP contribution in [0.15, 0.2) is 10.5 Å². The van der Waals surface area contributed by atoms with Crippen LogP contribution in [0.4, 0.5) is 0 Å². The average Bonchev–Trinajstić information content (AvgIpc) is 2.62. The van der Waals surface area contributed by atoms with Gasteiger partial charge in [0, 0.05) is 27.3 Å². The lowest BCUT2D eigenvalue weighted by Gasteiger charge is -2.12. The van der Waals surface area contributed by atoms with Gasteiger partial charge >= 0.3 is 0 Å². The van der Waals surface area contributed by atoms with Gasteiger partial charge < -0.3 is 10.6 Å². The molecular formula is C12H19BrN2OS. The molecule has 96 valence electrons. The van der Waals surface area contributed by atoms with Crippen LogP contribution in [0.5, 0.6) is 0 Å². The third kappa shape index (κ3) is 4.77. The van der Waals surface area contributed by atoms with E-state index in [4.69, 9.17) is 0 Å². The summed E-state index contributed by atoms with van der Waals surface area (Å²) in [6.45, 7) is 7.49. The van der Waals surface area contributed by atoms with Gasteiger partial charge in [-0.3, -0.25) is 4.79 Å². The van der Waals surface area contributed by atoms with Crippen molar-refractivity contribution in [1.29, 1.82) is 0 Å². The molecule has 0 saturated carbocycles. The fourth-order valence-electron chi connectivity index (χ4n) is 1.35. The van der Waals surface area contributed by atoms with E-state index in [0.29, 0.717) is 0 Å². The fraction of sp³-hybridized carbons (Fsp3) is 0.583. The molecule has 0 bridgehead atoms. The van der Waals surface area contributed by atoms with Gasteiger partial charge in [0.05, 0.1) is 6.04 Å². The molecule has 0 spiro atoms. The van der Waals surface area contributed by atoms with Crippen LogP contribution in [0, 0.1) is 6.92 Å². The largest absolute Gasteiger partial charge is 0.355 e. The van der Waals surface area contributed by atoms with E-state index in [1.54, 1.807) is 11.3 Å². The number of carbonyl (C=O) groups is 1. The van der Waals surface area contributed by atoms with Crippen molar-refractivity contribution in [2.24, 2.45) is 0 Å². The molecule has 2 N–H and O–H groups in total. The summed E-state index contributed by atoms with van der Waals surface area (Å²) in [7, 11) is 0. The van der Waals surface area contributed by atoms with E-state index >= 15 is 0 Å². The highest BCUT2D eigenvalue weighted by Gasteiger charge is 2.11. The highest BCUT2D eigenvalue weighted by molar-refractivity contribution is 9.10. The number of hydrogen-bond acceptors (Lipinski definition) is 3. The lowest BCUT2D eigenvalue weighted by molar-refractivity contribution is -0.122. The molecule has 0 radical (unpaired) electrons. The topological polar surface area (TPSA) is 41.1 Å². The molecule has 1 amide bonds. The summed E-state index contributed by atoms with van der Waals surface area (Å²) in [6, 6.07) is 1.95. The second-order valence-electron chi connectivity index (χ2n) is 4.01. The minimum Gasteiger partial charge on any atom is -0.355 e. The Labute approximate surface area is 115 Å². The smallest absolute Gasteiger partial charge is 0.236 e. The summed E-state index contributed by atoms with van der Waals surface area (Å²) in [5.41, 5.74) is 0. The van der Waals surface area contributed by atoms with Crippen molar-refractivity contribution in [3.05, 3.63) is 20.3 Å². The maximum Gasteiger partial charge on any atom is 0.236 e. The SMILES string of the molecule is CCCNC(=O)C(C)NCc1cc(Br)c(C)s1. The summed E-state index contributed by atoms with van der Waals surface area (Å²) >= 11 is 5.23. The molecule has 5 heteroatoms. The summed E-state index contributed by atoms with van der Waals surface area (Å²) in [5, 5.41) is 6.10. The molecule has 0 aliphatic carbocycles. The van der Waals surface area contributed by atoms with Gasteiger partial charge in [-0.15, -0.1) is 11.3 Å². The standard InChI is InChI=1S/C12H19BrN2OS/c1-4-5-14-12(16)8(2)15-7-10-6-11(13)9(3)17-10/h6,8,15H,4-5,7H2,1-3H3,(H,14,16). The van der Waals surface area contributed by atoms with E-state index in [2.05, 4.69) is 39.6 Å². The Bertz CT molecular complexity index is 359. The number of halogens is 1. The number of thiophene rings is 1. The third-order valence-corrected chi connectivity index (χ3v) is 4.57. The van der Waals surface area contributed by atoms with Gasteiger partial charge in [0.1, 0.15) is 0 Å². The third-order valence-electron chi connectivity index (χ3n) is 2.43. The van der Waals surface area contributed by atoms with Gasteiger partial charge in [-0.25, -0.2) is 0 Å². The lowest BCUT2D eigenvalue weighted by atomic mass is 10.3. The van der Waals surface area contributed by atoms with Gasteiger partial charge in [0.15, 0.2) is 0 Å². The molecule has 1 unspecified atom stereocenters. The second kappa shape index (κ2) is 7.13. The van der Waals surface area contributed by atoms with Crippen LogP contribution >= 0.6 is 27.3 Å². The predicted molar refractivity (Wildman–Crippen MR) is 76.4 cm³/mol. The van der Waals surface area contributed by atoms with Crippen LogP contribution < -0.4 is 10.6 Å². The van der Waals surface area contributed by atoms with Crippen LogP contribution in [-0.2, 0) is 11.3 Å². The van der Waals surface area contributed by atoms with Gasteiger partial charge in [-0.2, -0.15) is 0 Å². The molecule has 1 heterocycles. The first kappa shape index (κ1) is 14.7. The zero-order valence-corrected chi connectivity index (χ0v) is 12.9. The summed E-state index contributed by atoms with van der Waals surface area (Å²) < 4.78 is 1.14. The van der Waals surface area contributed by atoms with Crippen molar-refractivity contribution in [2.75, 3.05) is 6.54 Å². The first-order chi connectivity index (χ1) is 8.04. The minimum atomic E-state index is -0.150. The van der Waals surface area contributed by atoms with Crippen LogP contribution in [0.2, 0.25) is 0 Å². The normalized spacial score (nSPS) is 12.5. The van der Waals surface area contributed by atoms with Crippen molar-refractivity contribution in [2.45, 2.75) is 39.8 Å². The Kier molecular flexibility index (Phi) is 6.16. The van der Waals surface area contributed by atoms with E-state index in [1.807, 2.05) is 13.8 Å². The first-order valence-corrected chi connectivity index (χ1v) is 7.41. The van der Waals surface area contributed by atoms with Crippen molar-refractivity contribution in [1.82, 2.24) is 10.6 Å². The predicted octanol–water partition coefficient (Wildman–Crippen LogP) is 2.82. The monoisotopic (exact) mass is 318 g/mol. The van der Waals surface area contributed by atoms with E-state index in [1.165, 1.54) is 9.75 Å². The average molecular weight is 319 g/mol. The molecule has 1 atom stereocenters. The maximum atomic E-state index is 11.6. The molecule has 0 aliphatic rings. The van der Waals surface area contributed by atoms with Gasteiger partial charge in [0.25, 0.3) is 0 Å². The Morgan fingerprint density at radius 1 is 1.59 bits per heavy atom.